The molecule has 1 N–H and O–H groups in total. The number of fused-ring (bicyclic) bond motifs is 1. The Morgan fingerprint density at radius 3 is 2.68 bits per heavy atom. The summed E-state index contributed by atoms with van der Waals surface area (Å²) in [5, 5.41) is 4.95. The summed E-state index contributed by atoms with van der Waals surface area (Å²) >= 11 is 1.89. The molecule has 0 spiro atoms. The van der Waals surface area contributed by atoms with Gasteiger partial charge in [-0.15, -0.1) is 11.3 Å². The van der Waals surface area contributed by atoms with Crippen LogP contribution in [0.2, 0.25) is 0 Å². The van der Waals surface area contributed by atoms with Gasteiger partial charge in [-0.1, -0.05) is 18.2 Å². The molecule has 104 valence electrons. The van der Waals surface area contributed by atoms with Crippen LogP contribution >= 0.6 is 11.3 Å². The van der Waals surface area contributed by atoms with Crippen LogP contribution in [0.5, 0.6) is 0 Å². The van der Waals surface area contributed by atoms with Crippen molar-refractivity contribution in [3.8, 4) is 0 Å². The van der Waals surface area contributed by atoms with Crippen molar-refractivity contribution in [3.63, 3.8) is 0 Å². The molecular weight excluding hydrogens is 254 g/mol. The van der Waals surface area contributed by atoms with Crippen LogP contribution in [0.3, 0.4) is 0 Å². The van der Waals surface area contributed by atoms with Gasteiger partial charge < -0.3 is 10.1 Å². The molecule has 0 amide bonds. The van der Waals surface area contributed by atoms with Gasteiger partial charge in [0.2, 0.25) is 0 Å². The van der Waals surface area contributed by atoms with Crippen LogP contribution in [0.1, 0.15) is 37.3 Å². The highest BCUT2D eigenvalue weighted by molar-refractivity contribution is 7.19. The first-order valence-electron chi connectivity index (χ1n) is 6.96. The maximum Gasteiger partial charge on any atom is 0.0671 e. The van der Waals surface area contributed by atoms with E-state index >= 15 is 0 Å². The van der Waals surface area contributed by atoms with Crippen LogP contribution < -0.4 is 5.32 Å². The van der Waals surface area contributed by atoms with E-state index < -0.39 is 0 Å². The van der Waals surface area contributed by atoms with Gasteiger partial charge in [0.05, 0.1) is 6.10 Å². The molecule has 2 unspecified atom stereocenters. The first kappa shape index (κ1) is 14.5. The van der Waals surface area contributed by atoms with Gasteiger partial charge in [-0.05, 0) is 44.7 Å². The van der Waals surface area contributed by atoms with Crippen LogP contribution in [0, 0.1) is 6.92 Å². The molecule has 0 aliphatic carbocycles. The molecule has 0 aliphatic heterocycles. The van der Waals surface area contributed by atoms with E-state index in [0.29, 0.717) is 6.04 Å². The zero-order valence-electron chi connectivity index (χ0n) is 12.2. The van der Waals surface area contributed by atoms with Crippen LogP contribution in [-0.4, -0.2) is 19.3 Å². The maximum atomic E-state index is 5.56. The fraction of sp³-hybridized carbons (Fsp3) is 0.500. The third-order valence-corrected chi connectivity index (χ3v) is 4.89. The Morgan fingerprint density at radius 2 is 2.00 bits per heavy atom. The molecule has 0 bridgehead atoms. The molecule has 0 radical (unpaired) electrons. The predicted octanol–water partition coefficient (Wildman–Crippen LogP) is 4.29. The summed E-state index contributed by atoms with van der Waals surface area (Å²) < 4.78 is 6.93. The maximum absolute atomic E-state index is 5.56. The number of ether oxygens (including phenoxy) is 1. The molecule has 2 rings (SSSR count). The molecule has 0 fully saturated rings. The molecule has 2 nitrogen and oxygen atoms in total. The summed E-state index contributed by atoms with van der Waals surface area (Å²) in [7, 11) is 0. The average molecular weight is 277 g/mol. The van der Waals surface area contributed by atoms with Crippen LogP contribution in [0.4, 0.5) is 0 Å². The minimum atomic E-state index is 0.266. The van der Waals surface area contributed by atoms with Gasteiger partial charge in [0.1, 0.15) is 0 Å². The number of nitrogens with one attached hydrogen (secondary N) is 1. The number of benzene rings is 1. The molecule has 2 aromatic rings. The Kier molecular flexibility index (Phi) is 4.97. The van der Waals surface area contributed by atoms with E-state index in [9.17, 15) is 0 Å². The number of aryl methyl sites for hydroxylation is 1. The smallest absolute Gasteiger partial charge is 0.0671 e. The molecule has 19 heavy (non-hydrogen) atoms. The summed E-state index contributed by atoms with van der Waals surface area (Å²) in [6.07, 6.45) is 0.266. The van der Waals surface area contributed by atoms with Crippen molar-refractivity contribution in [1.82, 2.24) is 5.32 Å². The lowest BCUT2D eigenvalue weighted by Crippen LogP contribution is -2.29. The Morgan fingerprint density at radius 1 is 1.26 bits per heavy atom. The van der Waals surface area contributed by atoms with Crippen molar-refractivity contribution in [2.24, 2.45) is 0 Å². The van der Waals surface area contributed by atoms with Crippen molar-refractivity contribution >= 4 is 21.4 Å². The fourth-order valence-electron chi connectivity index (χ4n) is 2.39. The van der Waals surface area contributed by atoms with Crippen LogP contribution in [-0.2, 0) is 4.74 Å². The normalized spacial score (nSPS) is 14.7. The number of rotatable bonds is 6. The largest absolute Gasteiger partial charge is 0.377 e. The summed E-state index contributed by atoms with van der Waals surface area (Å²) in [6.45, 7) is 10.3. The summed E-state index contributed by atoms with van der Waals surface area (Å²) in [6, 6.07) is 9.00. The standard InChI is InChI=1S/C16H23NOS/c1-5-18-11(2)10-17-13(4)16-12(3)14-8-6-7-9-15(14)19-16/h6-9,11,13,17H,5,10H2,1-4H3. The Labute approximate surface area is 119 Å². The molecular formula is C16H23NOS. The quantitative estimate of drug-likeness (QED) is 0.850. The van der Waals surface area contributed by atoms with Gasteiger partial charge in [0, 0.05) is 28.8 Å². The second-order valence-electron chi connectivity index (χ2n) is 4.98. The number of thiophene rings is 1. The average Bonchev–Trinajstić information content (AvgIpc) is 2.74. The van der Waals surface area contributed by atoms with E-state index in [0.717, 1.165) is 13.2 Å². The second-order valence-corrected chi connectivity index (χ2v) is 6.07. The van der Waals surface area contributed by atoms with E-state index in [1.165, 1.54) is 20.5 Å². The summed E-state index contributed by atoms with van der Waals surface area (Å²) in [4.78, 5) is 1.44. The number of hydrogen-bond acceptors (Lipinski definition) is 3. The third-order valence-electron chi connectivity index (χ3n) is 3.44. The van der Waals surface area contributed by atoms with E-state index in [1.54, 1.807) is 0 Å². The molecule has 2 atom stereocenters. The Bertz CT molecular complexity index is 535. The highest BCUT2D eigenvalue weighted by atomic mass is 32.1. The SMILES string of the molecule is CCOC(C)CNC(C)c1sc2ccccc2c1C. The first-order valence-corrected chi connectivity index (χ1v) is 7.78. The van der Waals surface area contributed by atoms with Gasteiger partial charge in [0.25, 0.3) is 0 Å². The fourth-order valence-corrected chi connectivity index (χ4v) is 3.62. The third kappa shape index (κ3) is 3.35. The van der Waals surface area contributed by atoms with E-state index in [-0.39, 0.29) is 6.10 Å². The second kappa shape index (κ2) is 6.51. The molecule has 3 heteroatoms. The van der Waals surface area contributed by atoms with Gasteiger partial charge in [-0.3, -0.25) is 0 Å². The first-order chi connectivity index (χ1) is 9.13. The molecule has 0 aliphatic rings. The molecule has 0 saturated heterocycles. The highest BCUT2D eigenvalue weighted by Crippen LogP contribution is 2.34. The summed E-state index contributed by atoms with van der Waals surface area (Å²) in [5.41, 5.74) is 1.41. The van der Waals surface area contributed by atoms with Gasteiger partial charge in [-0.25, -0.2) is 0 Å². The molecule has 1 aromatic heterocycles. The van der Waals surface area contributed by atoms with E-state index in [4.69, 9.17) is 4.74 Å². The highest BCUT2D eigenvalue weighted by Gasteiger charge is 2.14. The lowest BCUT2D eigenvalue weighted by molar-refractivity contribution is 0.0744. The van der Waals surface area contributed by atoms with E-state index in [2.05, 4.69) is 50.4 Å². The Balaban J connectivity index is 2.09. The van der Waals surface area contributed by atoms with Crippen molar-refractivity contribution in [2.75, 3.05) is 13.2 Å². The lowest BCUT2D eigenvalue weighted by atomic mass is 10.1. The number of hydrogen-bond donors (Lipinski definition) is 1. The van der Waals surface area contributed by atoms with Crippen molar-refractivity contribution < 1.29 is 4.74 Å². The monoisotopic (exact) mass is 277 g/mol. The minimum absolute atomic E-state index is 0.266. The predicted molar refractivity (Wildman–Crippen MR) is 84.1 cm³/mol. The van der Waals surface area contributed by atoms with Gasteiger partial charge in [0.15, 0.2) is 0 Å². The van der Waals surface area contributed by atoms with Crippen molar-refractivity contribution in [1.29, 1.82) is 0 Å². The molecule has 1 heterocycles. The van der Waals surface area contributed by atoms with E-state index in [1.807, 2.05) is 18.3 Å². The lowest BCUT2D eigenvalue weighted by Gasteiger charge is -2.17. The van der Waals surface area contributed by atoms with Crippen molar-refractivity contribution in [2.45, 2.75) is 39.8 Å². The summed E-state index contributed by atoms with van der Waals surface area (Å²) in [5.74, 6) is 0. The molecule has 0 saturated carbocycles. The van der Waals surface area contributed by atoms with Gasteiger partial charge in [-0.2, -0.15) is 0 Å². The van der Waals surface area contributed by atoms with Crippen LogP contribution in [0.25, 0.3) is 10.1 Å². The zero-order valence-corrected chi connectivity index (χ0v) is 13.0. The van der Waals surface area contributed by atoms with Crippen molar-refractivity contribution in [3.05, 3.63) is 34.7 Å². The zero-order chi connectivity index (χ0) is 13.8. The Hall–Kier alpha value is -0.900. The molecule has 1 aromatic carbocycles. The minimum Gasteiger partial charge on any atom is -0.377 e. The van der Waals surface area contributed by atoms with Gasteiger partial charge >= 0.3 is 0 Å². The topological polar surface area (TPSA) is 21.3 Å². The van der Waals surface area contributed by atoms with Crippen LogP contribution in [0.15, 0.2) is 24.3 Å².